The van der Waals surface area contributed by atoms with Crippen molar-refractivity contribution in [3.05, 3.63) is 65.6 Å². The molecule has 4 aromatic rings. The number of nitrogens with zero attached hydrogens (tertiary/aromatic N) is 3. The predicted molar refractivity (Wildman–Crippen MR) is 116 cm³/mol. The van der Waals surface area contributed by atoms with Gasteiger partial charge < -0.3 is 10.2 Å². The van der Waals surface area contributed by atoms with E-state index in [1.54, 1.807) is 24.3 Å². The summed E-state index contributed by atoms with van der Waals surface area (Å²) in [7, 11) is -3.91. The summed E-state index contributed by atoms with van der Waals surface area (Å²) in [6.07, 6.45) is 1.52. The number of aromatic nitrogens is 2. The van der Waals surface area contributed by atoms with Gasteiger partial charge in [-0.3, -0.25) is 0 Å². The quantitative estimate of drug-likeness (QED) is 0.522. The zero-order valence-corrected chi connectivity index (χ0v) is 17.4. The van der Waals surface area contributed by atoms with E-state index in [0.29, 0.717) is 32.6 Å². The Morgan fingerprint density at radius 2 is 1.83 bits per heavy atom. The zero-order valence-electron chi connectivity index (χ0n) is 15.8. The summed E-state index contributed by atoms with van der Waals surface area (Å²) in [5, 5.41) is 4.91. The van der Waals surface area contributed by atoms with Gasteiger partial charge in [0.1, 0.15) is 11.6 Å². The molecule has 0 aliphatic carbocycles. The number of fused-ring (bicyclic) bond motifs is 3. The van der Waals surface area contributed by atoms with Crippen LogP contribution in [0.5, 0.6) is 0 Å². The number of halogens is 2. The number of hydrogen-bond acceptors (Lipinski definition) is 5. The molecule has 1 aliphatic rings. The van der Waals surface area contributed by atoms with Gasteiger partial charge >= 0.3 is 0 Å². The number of piperazine rings is 1. The second-order valence-corrected chi connectivity index (χ2v) is 9.42. The van der Waals surface area contributed by atoms with Gasteiger partial charge in [-0.1, -0.05) is 17.7 Å². The molecule has 1 fully saturated rings. The maximum Gasteiger partial charge on any atom is 0.268 e. The Kier molecular flexibility index (Phi) is 4.65. The highest BCUT2D eigenvalue weighted by molar-refractivity contribution is 7.90. The molecule has 0 saturated carbocycles. The fourth-order valence-corrected chi connectivity index (χ4v) is 5.56. The van der Waals surface area contributed by atoms with E-state index in [9.17, 15) is 12.8 Å². The average molecular weight is 445 g/mol. The molecule has 9 heteroatoms. The van der Waals surface area contributed by atoms with Crippen molar-refractivity contribution in [1.82, 2.24) is 14.3 Å². The van der Waals surface area contributed by atoms with Gasteiger partial charge in [0.05, 0.1) is 15.9 Å². The fraction of sp³-hybridized carbons (Fsp3) is 0.190. The molecule has 154 valence electrons. The van der Waals surface area contributed by atoms with Crippen molar-refractivity contribution in [2.45, 2.75) is 4.90 Å². The van der Waals surface area contributed by atoms with Gasteiger partial charge in [-0.15, -0.1) is 0 Å². The Labute approximate surface area is 177 Å². The first-order valence-electron chi connectivity index (χ1n) is 9.52. The summed E-state index contributed by atoms with van der Waals surface area (Å²) in [6, 6.07) is 12.1. The van der Waals surface area contributed by atoms with Crippen LogP contribution in [0.25, 0.3) is 21.8 Å². The summed E-state index contributed by atoms with van der Waals surface area (Å²) in [4.78, 5) is 6.88. The molecule has 0 spiro atoms. The Morgan fingerprint density at radius 1 is 1.03 bits per heavy atom. The third-order valence-corrected chi connectivity index (χ3v) is 7.21. The van der Waals surface area contributed by atoms with Crippen LogP contribution in [-0.2, 0) is 10.0 Å². The molecule has 30 heavy (non-hydrogen) atoms. The summed E-state index contributed by atoms with van der Waals surface area (Å²) in [6.45, 7) is 3.06. The molecule has 0 amide bonds. The first-order valence-corrected chi connectivity index (χ1v) is 11.3. The minimum absolute atomic E-state index is 0.0864. The highest BCUT2D eigenvalue weighted by Crippen LogP contribution is 2.35. The van der Waals surface area contributed by atoms with Crippen molar-refractivity contribution < 1.29 is 12.8 Å². The van der Waals surface area contributed by atoms with E-state index in [1.807, 2.05) is 0 Å². The number of hydrogen-bond donors (Lipinski definition) is 1. The molecule has 5 rings (SSSR count). The number of benzene rings is 2. The smallest absolute Gasteiger partial charge is 0.268 e. The van der Waals surface area contributed by atoms with Crippen molar-refractivity contribution in [2.24, 2.45) is 0 Å². The Bertz CT molecular complexity index is 1380. The normalized spacial score (nSPS) is 15.2. The van der Waals surface area contributed by atoms with Gasteiger partial charge in [-0.05, 0) is 36.4 Å². The standard InChI is InChI=1S/C21H18ClFN4O2S/c22-14-2-1-3-16(12-14)30(28,29)27-9-6-18-20(27)17-5-4-15(23)13-19(17)25-21(18)26-10-7-24-8-11-26/h1-6,9,12-13,24H,7-8,10-11H2. The Balaban J connectivity index is 1.82. The second-order valence-electron chi connectivity index (χ2n) is 7.17. The fourth-order valence-electron chi connectivity index (χ4n) is 3.89. The lowest BCUT2D eigenvalue weighted by Crippen LogP contribution is -2.44. The van der Waals surface area contributed by atoms with E-state index < -0.39 is 15.8 Å². The van der Waals surface area contributed by atoms with Crippen molar-refractivity contribution in [3.8, 4) is 0 Å². The number of anilines is 1. The minimum atomic E-state index is -3.91. The van der Waals surface area contributed by atoms with E-state index in [0.717, 1.165) is 26.2 Å². The monoisotopic (exact) mass is 444 g/mol. The molecule has 0 bridgehead atoms. The van der Waals surface area contributed by atoms with Crippen LogP contribution in [0, 0.1) is 5.82 Å². The molecule has 6 nitrogen and oxygen atoms in total. The second kappa shape index (κ2) is 7.23. The maximum atomic E-state index is 14.0. The summed E-state index contributed by atoms with van der Waals surface area (Å²) in [5.41, 5.74) is 0.894. The first-order chi connectivity index (χ1) is 14.4. The van der Waals surface area contributed by atoms with Crippen molar-refractivity contribution in [3.63, 3.8) is 0 Å². The van der Waals surface area contributed by atoms with Crippen LogP contribution >= 0.6 is 11.6 Å². The minimum Gasteiger partial charge on any atom is -0.353 e. The summed E-state index contributed by atoms with van der Waals surface area (Å²) >= 11 is 6.03. The van der Waals surface area contributed by atoms with E-state index in [2.05, 4.69) is 10.2 Å². The Hall–Kier alpha value is -2.68. The molecule has 2 aromatic heterocycles. The summed E-state index contributed by atoms with van der Waals surface area (Å²) < 4.78 is 42.1. The molecule has 3 heterocycles. The molecular formula is C21H18ClFN4O2S. The molecule has 1 aliphatic heterocycles. The molecule has 0 unspecified atom stereocenters. The zero-order chi connectivity index (χ0) is 20.9. The van der Waals surface area contributed by atoms with Crippen LogP contribution < -0.4 is 10.2 Å². The predicted octanol–water partition coefficient (Wildman–Crippen LogP) is 3.63. The molecule has 1 saturated heterocycles. The van der Waals surface area contributed by atoms with Gasteiger partial charge in [-0.2, -0.15) is 0 Å². The lowest BCUT2D eigenvalue weighted by atomic mass is 10.1. The molecular weight excluding hydrogens is 427 g/mol. The molecule has 1 N–H and O–H groups in total. The van der Waals surface area contributed by atoms with Gasteiger partial charge in [0.2, 0.25) is 0 Å². The molecule has 0 radical (unpaired) electrons. The van der Waals surface area contributed by atoms with Crippen molar-refractivity contribution >= 4 is 49.2 Å². The van der Waals surface area contributed by atoms with E-state index in [4.69, 9.17) is 16.6 Å². The number of nitrogens with one attached hydrogen (secondary N) is 1. The molecule has 0 atom stereocenters. The van der Waals surface area contributed by atoms with Crippen LogP contribution in [-0.4, -0.2) is 43.6 Å². The van der Waals surface area contributed by atoms with Gasteiger partial charge in [0, 0.05) is 54.2 Å². The van der Waals surface area contributed by atoms with Crippen LogP contribution in [0.1, 0.15) is 0 Å². The van der Waals surface area contributed by atoms with Crippen LogP contribution in [0.3, 0.4) is 0 Å². The van der Waals surface area contributed by atoms with Gasteiger partial charge in [0.15, 0.2) is 0 Å². The van der Waals surface area contributed by atoms with Crippen LogP contribution in [0.2, 0.25) is 5.02 Å². The van der Waals surface area contributed by atoms with Crippen LogP contribution in [0.4, 0.5) is 10.2 Å². The third-order valence-electron chi connectivity index (χ3n) is 5.30. The highest BCUT2D eigenvalue weighted by atomic mass is 35.5. The highest BCUT2D eigenvalue weighted by Gasteiger charge is 2.25. The van der Waals surface area contributed by atoms with E-state index >= 15 is 0 Å². The lowest BCUT2D eigenvalue weighted by Gasteiger charge is -2.29. The summed E-state index contributed by atoms with van der Waals surface area (Å²) in [5.74, 6) is 0.237. The van der Waals surface area contributed by atoms with Gasteiger partial charge in [-0.25, -0.2) is 21.8 Å². The molecule has 2 aromatic carbocycles. The topological polar surface area (TPSA) is 67.2 Å². The number of pyridine rings is 1. The number of rotatable bonds is 3. The van der Waals surface area contributed by atoms with E-state index in [1.165, 1.54) is 34.4 Å². The van der Waals surface area contributed by atoms with Crippen molar-refractivity contribution in [1.29, 1.82) is 0 Å². The first kappa shape index (κ1) is 19.3. The SMILES string of the molecule is O=S(=O)(c1cccc(Cl)c1)n1ccc2c(N3CCNCC3)nc3cc(F)ccc3c21. The lowest BCUT2D eigenvalue weighted by molar-refractivity contribution is 0.586. The van der Waals surface area contributed by atoms with Crippen molar-refractivity contribution in [2.75, 3.05) is 31.1 Å². The van der Waals surface area contributed by atoms with Crippen LogP contribution in [0.15, 0.2) is 59.6 Å². The average Bonchev–Trinajstić information content (AvgIpc) is 3.20. The largest absolute Gasteiger partial charge is 0.353 e. The van der Waals surface area contributed by atoms with Gasteiger partial charge in [0.25, 0.3) is 10.0 Å². The maximum absolute atomic E-state index is 14.0. The Morgan fingerprint density at radius 3 is 2.60 bits per heavy atom. The third kappa shape index (κ3) is 3.12. The van der Waals surface area contributed by atoms with E-state index in [-0.39, 0.29) is 4.90 Å².